The molecular formula is C10H17FO5. The first-order chi connectivity index (χ1) is 7.43. The van der Waals surface area contributed by atoms with Crippen molar-refractivity contribution in [3.63, 3.8) is 0 Å². The second-order valence-corrected chi connectivity index (χ2v) is 3.43. The zero-order valence-corrected chi connectivity index (χ0v) is 9.49. The minimum Gasteiger partial charge on any atom is -0.466 e. The lowest BCUT2D eigenvalue weighted by molar-refractivity contribution is -0.151. The number of aliphatic hydroxyl groups is 1. The second kappa shape index (κ2) is 7.16. The number of carbonyl (C=O) groups excluding carboxylic acids is 2. The average Bonchev–Trinajstić information content (AvgIpc) is 2.17. The molecule has 0 saturated carbocycles. The summed E-state index contributed by atoms with van der Waals surface area (Å²) in [4.78, 5) is 21.5. The van der Waals surface area contributed by atoms with Crippen LogP contribution in [0.5, 0.6) is 0 Å². The Labute approximate surface area is 93.5 Å². The molecule has 0 saturated heterocycles. The van der Waals surface area contributed by atoms with E-state index in [1.165, 1.54) is 6.92 Å². The maximum atomic E-state index is 12.6. The van der Waals surface area contributed by atoms with Crippen LogP contribution < -0.4 is 0 Å². The van der Waals surface area contributed by atoms with E-state index in [4.69, 9.17) is 0 Å². The van der Waals surface area contributed by atoms with Crippen LogP contribution in [0.15, 0.2) is 0 Å². The van der Waals surface area contributed by atoms with Crippen molar-refractivity contribution in [2.45, 2.75) is 32.3 Å². The highest BCUT2D eigenvalue weighted by Crippen LogP contribution is 2.17. The Bertz CT molecular complexity index is 243. The molecule has 0 aromatic carbocycles. The highest BCUT2D eigenvalue weighted by atomic mass is 19.1. The van der Waals surface area contributed by atoms with Gasteiger partial charge in [-0.1, -0.05) is 0 Å². The van der Waals surface area contributed by atoms with E-state index < -0.39 is 30.6 Å². The van der Waals surface area contributed by atoms with Crippen molar-refractivity contribution in [2.75, 3.05) is 19.9 Å². The molecule has 0 aliphatic carbocycles. The van der Waals surface area contributed by atoms with Gasteiger partial charge < -0.3 is 14.6 Å². The van der Waals surface area contributed by atoms with Crippen LogP contribution >= 0.6 is 0 Å². The molecule has 94 valence electrons. The molecule has 0 amide bonds. The summed E-state index contributed by atoms with van der Waals surface area (Å²) in [6.45, 7) is 1.78. The maximum absolute atomic E-state index is 12.6. The number of carbonyl (C=O) groups is 2. The quantitative estimate of drug-likeness (QED) is 0.655. The molecule has 0 aromatic heterocycles. The number of alkyl halides is 1. The average molecular weight is 236 g/mol. The Balaban J connectivity index is 4.09. The molecule has 0 fully saturated rings. The Kier molecular flexibility index (Phi) is 6.64. The second-order valence-electron chi connectivity index (χ2n) is 3.43. The van der Waals surface area contributed by atoms with Gasteiger partial charge in [-0.25, -0.2) is 4.39 Å². The molecule has 1 N–H and O–H groups in total. The van der Waals surface area contributed by atoms with Gasteiger partial charge in [0, 0.05) is 13.3 Å². The fourth-order valence-electron chi connectivity index (χ4n) is 1.07. The Morgan fingerprint density at radius 3 is 2.44 bits per heavy atom. The van der Waals surface area contributed by atoms with Gasteiger partial charge in [-0.3, -0.25) is 9.59 Å². The third kappa shape index (κ3) is 6.34. The van der Waals surface area contributed by atoms with Gasteiger partial charge in [-0.15, -0.1) is 0 Å². The summed E-state index contributed by atoms with van der Waals surface area (Å²) in [6, 6.07) is 0. The van der Waals surface area contributed by atoms with Crippen LogP contribution in [0.2, 0.25) is 0 Å². The fourth-order valence-corrected chi connectivity index (χ4v) is 1.07. The molecule has 0 aromatic rings. The van der Waals surface area contributed by atoms with E-state index in [0.717, 1.165) is 0 Å². The van der Waals surface area contributed by atoms with Gasteiger partial charge in [0.25, 0.3) is 0 Å². The van der Waals surface area contributed by atoms with Gasteiger partial charge in [-0.2, -0.15) is 0 Å². The number of rotatable bonds is 7. The van der Waals surface area contributed by atoms with Crippen LogP contribution in [0.25, 0.3) is 0 Å². The molecule has 0 heterocycles. The van der Waals surface area contributed by atoms with E-state index >= 15 is 0 Å². The lowest BCUT2D eigenvalue weighted by Gasteiger charge is -2.23. The minimum absolute atomic E-state index is 0.130. The van der Waals surface area contributed by atoms with Gasteiger partial charge in [0.2, 0.25) is 0 Å². The lowest BCUT2D eigenvalue weighted by Crippen LogP contribution is -2.36. The molecule has 16 heavy (non-hydrogen) atoms. The van der Waals surface area contributed by atoms with Crippen LogP contribution in [0.1, 0.15) is 26.7 Å². The molecule has 5 nitrogen and oxygen atoms in total. The van der Waals surface area contributed by atoms with Crippen molar-refractivity contribution < 1.29 is 28.6 Å². The van der Waals surface area contributed by atoms with Crippen molar-refractivity contribution in [1.29, 1.82) is 0 Å². The van der Waals surface area contributed by atoms with Gasteiger partial charge in [0.15, 0.2) is 0 Å². The summed E-state index contributed by atoms with van der Waals surface area (Å²) >= 11 is 0. The Hall–Kier alpha value is -1.17. The van der Waals surface area contributed by atoms with Crippen LogP contribution in [0, 0.1) is 0 Å². The predicted octanol–water partition coefficient (Wildman–Crippen LogP) is 0.593. The maximum Gasteiger partial charge on any atom is 0.308 e. The van der Waals surface area contributed by atoms with Gasteiger partial charge in [-0.05, 0) is 6.92 Å². The first-order valence-electron chi connectivity index (χ1n) is 5.01. The van der Waals surface area contributed by atoms with Crippen molar-refractivity contribution in [3.05, 3.63) is 0 Å². The van der Waals surface area contributed by atoms with Crippen LogP contribution in [-0.4, -0.2) is 42.5 Å². The summed E-state index contributed by atoms with van der Waals surface area (Å²) in [7, 11) is 0. The third-order valence-corrected chi connectivity index (χ3v) is 1.90. The summed E-state index contributed by atoms with van der Waals surface area (Å²) < 4.78 is 21.7. The lowest BCUT2D eigenvalue weighted by atomic mass is 9.98. The van der Waals surface area contributed by atoms with Crippen LogP contribution in [-0.2, 0) is 19.1 Å². The van der Waals surface area contributed by atoms with Crippen LogP contribution in [0.3, 0.4) is 0 Å². The fraction of sp³-hybridized carbons (Fsp3) is 0.800. The van der Waals surface area contributed by atoms with Gasteiger partial charge in [0.05, 0.1) is 19.6 Å². The first-order valence-corrected chi connectivity index (χ1v) is 5.01. The van der Waals surface area contributed by atoms with E-state index in [-0.39, 0.29) is 19.6 Å². The largest absolute Gasteiger partial charge is 0.466 e. The SMILES string of the molecule is CCOC(=O)CC(O)(CF)CCOC(C)=O. The first kappa shape index (κ1) is 14.8. The summed E-state index contributed by atoms with van der Waals surface area (Å²) in [5.41, 5.74) is -1.82. The van der Waals surface area contributed by atoms with E-state index in [0.29, 0.717) is 0 Å². The predicted molar refractivity (Wildman–Crippen MR) is 53.4 cm³/mol. The smallest absolute Gasteiger partial charge is 0.308 e. The molecule has 0 bridgehead atoms. The zero-order chi connectivity index (χ0) is 12.6. The normalized spacial score (nSPS) is 14.0. The van der Waals surface area contributed by atoms with Gasteiger partial charge in [0.1, 0.15) is 12.3 Å². The monoisotopic (exact) mass is 236 g/mol. The third-order valence-electron chi connectivity index (χ3n) is 1.90. The molecule has 0 spiro atoms. The Morgan fingerprint density at radius 1 is 1.38 bits per heavy atom. The van der Waals surface area contributed by atoms with Gasteiger partial charge >= 0.3 is 11.9 Å². The molecule has 0 aliphatic rings. The molecular weight excluding hydrogens is 219 g/mol. The molecule has 0 radical (unpaired) electrons. The van der Waals surface area contributed by atoms with E-state index in [1.807, 2.05) is 0 Å². The molecule has 1 atom stereocenters. The van der Waals surface area contributed by atoms with Crippen molar-refractivity contribution in [3.8, 4) is 0 Å². The highest BCUT2D eigenvalue weighted by Gasteiger charge is 2.31. The highest BCUT2D eigenvalue weighted by molar-refractivity contribution is 5.70. The van der Waals surface area contributed by atoms with Crippen molar-refractivity contribution >= 4 is 11.9 Å². The summed E-state index contributed by atoms with van der Waals surface area (Å²) in [5.74, 6) is -1.19. The van der Waals surface area contributed by atoms with Crippen molar-refractivity contribution in [1.82, 2.24) is 0 Å². The van der Waals surface area contributed by atoms with Crippen molar-refractivity contribution in [2.24, 2.45) is 0 Å². The summed E-state index contributed by atoms with van der Waals surface area (Å²) in [5, 5.41) is 9.66. The van der Waals surface area contributed by atoms with E-state index in [9.17, 15) is 19.1 Å². The summed E-state index contributed by atoms with van der Waals surface area (Å²) in [6.07, 6.45) is -0.583. The Morgan fingerprint density at radius 2 is 2.00 bits per heavy atom. The number of hydrogen-bond donors (Lipinski definition) is 1. The number of halogens is 1. The zero-order valence-electron chi connectivity index (χ0n) is 9.49. The molecule has 1 unspecified atom stereocenters. The number of ether oxygens (including phenoxy) is 2. The topological polar surface area (TPSA) is 72.8 Å². The molecule has 6 heteroatoms. The standard InChI is InChI=1S/C10H17FO5/c1-3-15-9(13)6-10(14,7-11)4-5-16-8(2)12/h14H,3-7H2,1-2H3. The van der Waals surface area contributed by atoms with E-state index in [2.05, 4.69) is 9.47 Å². The van der Waals surface area contributed by atoms with E-state index in [1.54, 1.807) is 6.92 Å². The minimum atomic E-state index is -1.82. The van der Waals surface area contributed by atoms with Crippen LogP contribution in [0.4, 0.5) is 4.39 Å². The molecule has 0 aliphatic heterocycles. The number of esters is 2. The molecule has 0 rings (SSSR count). The number of hydrogen-bond acceptors (Lipinski definition) is 5.